The summed E-state index contributed by atoms with van der Waals surface area (Å²) in [7, 11) is 2.98. The van der Waals surface area contributed by atoms with Crippen molar-refractivity contribution in [1.82, 2.24) is 0 Å². The summed E-state index contributed by atoms with van der Waals surface area (Å²) in [6.45, 7) is 4.27. The fraction of sp³-hybridized carbons (Fsp3) is 0.379. The number of Topliss-reactive ketones (excluding diaryl/α,β-unsaturated/α-hetero) is 1. The number of ketones is 1. The molecule has 6 rings (SSSR count). The van der Waals surface area contributed by atoms with E-state index in [-0.39, 0.29) is 36.8 Å². The van der Waals surface area contributed by atoms with E-state index in [1.54, 1.807) is 24.3 Å². The molecular weight excluding hydrogens is 476 g/mol. The van der Waals surface area contributed by atoms with Crippen LogP contribution in [0, 0.1) is 11.8 Å². The third kappa shape index (κ3) is 3.27. The van der Waals surface area contributed by atoms with Gasteiger partial charge in [-0.1, -0.05) is 32.0 Å². The van der Waals surface area contributed by atoms with Gasteiger partial charge < -0.3 is 28.4 Å². The Balaban J connectivity index is 1.59. The maximum absolute atomic E-state index is 14.2. The summed E-state index contributed by atoms with van der Waals surface area (Å²) >= 11 is 0. The maximum atomic E-state index is 14.2. The maximum Gasteiger partial charge on any atom is 0.338 e. The predicted molar refractivity (Wildman–Crippen MR) is 131 cm³/mol. The lowest BCUT2D eigenvalue weighted by atomic mass is 9.62. The lowest BCUT2D eigenvalue weighted by molar-refractivity contribution is -0.124. The number of hydrogen-bond acceptors (Lipinski definition) is 8. The molecule has 4 atom stereocenters. The summed E-state index contributed by atoms with van der Waals surface area (Å²) in [4.78, 5) is 27.5. The number of benzene rings is 2. The highest BCUT2D eigenvalue weighted by molar-refractivity contribution is 6.08. The van der Waals surface area contributed by atoms with Gasteiger partial charge in [0.25, 0.3) is 0 Å². The summed E-state index contributed by atoms with van der Waals surface area (Å²) in [5.74, 6) is 1.19. The smallest absolute Gasteiger partial charge is 0.338 e. The van der Waals surface area contributed by atoms with E-state index in [2.05, 4.69) is 13.8 Å². The van der Waals surface area contributed by atoms with Gasteiger partial charge in [-0.3, -0.25) is 4.79 Å². The lowest BCUT2D eigenvalue weighted by Crippen LogP contribution is -2.46. The fourth-order valence-electron chi connectivity index (χ4n) is 5.94. The van der Waals surface area contributed by atoms with Crippen LogP contribution in [0.25, 0.3) is 0 Å². The first-order chi connectivity index (χ1) is 17.9. The first kappa shape index (κ1) is 23.5. The van der Waals surface area contributed by atoms with Crippen LogP contribution in [0.3, 0.4) is 0 Å². The van der Waals surface area contributed by atoms with Crippen LogP contribution in [-0.4, -0.2) is 39.4 Å². The van der Waals surface area contributed by atoms with Gasteiger partial charge in [0, 0.05) is 17.0 Å². The summed E-state index contributed by atoms with van der Waals surface area (Å²) in [6.07, 6.45) is 1.82. The molecule has 2 aromatic carbocycles. The molecule has 1 spiro atoms. The second-order valence-corrected chi connectivity index (χ2v) is 9.93. The molecule has 0 radical (unpaired) electrons. The minimum absolute atomic E-state index is 0.0374. The molecule has 8 nitrogen and oxygen atoms in total. The topological polar surface area (TPSA) is 89.5 Å². The molecular formula is C29H28O8. The number of carbonyl (C=O) groups is 2. The van der Waals surface area contributed by atoms with E-state index < -0.39 is 17.5 Å². The monoisotopic (exact) mass is 504 g/mol. The van der Waals surface area contributed by atoms with E-state index in [0.29, 0.717) is 46.1 Å². The van der Waals surface area contributed by atoms with Gasteiger partial charge in [-0.2, -0.15) is 0 Å². The Labute approximate surface area is 214 Å². The van der Waals surface area contributed by atoms with E-state index in [1.165, 1.54) is 14.2 Å². The summed E-state index contributed by atoms with van der Waals surface area (Å²) in [6, 6.07) is 10.7. The standard InChI is InChI=1S/C29H28O8/c1-15-10-18-11-20(32-3)25(33-4)27(30)29(18)13-34-26-22(29)19(12-21-24(26)36-14-35-21)23(16(15)2)37-28(31)17-8-6-5-7-9-17/h5-9,11-12,15-16,23H,10,13-14H2,1-4H3/t15-,16-,23-,29-/m0/s1. The lowest BCUT2D eigenvalue weighted by Gasteiger charge is -2.41. The van der Waals surface area contributed by atoms with Gasteiger partial charge in [-0.15, -0.1) is 0 Å². The molecule has 0 saturated carbocycles. The molecule has 192 valence electrons. The third-order valence-electron chi connectivity index (χ3n) is 8.07. The van der Waals surface area contributed by atoms with Crippen LogP contribution in [-0.2, 0) is 24.4 Å². The van der Waals surface area contributed by atoms with Crippen LogP contribution in [0.15, 0.2) is 59.6 Å². The number of ether oxygens (including phenoxy) is 6. The number of carbonyl (C=O) groups excluding carboxylic acids is 2. The average Bonchev–Trinajstić information content (AvgIpc) is 3.54. The number of fused-ring (bicyclic) bond motifs is 2. The minimum Gasteiger partial charge on any atom is -0.493 e. The molecule has 0 amide bonds. The van der Waals surface area contributed by atoms with Crippen LogP contribution in [0.1, 0.15) is 47.9 Å². The van der Waals surface area contributed by atoms with E-state index in [0.717, 1.165) is 5.57 Å². The Kier molecular flexibility index (Phi) is 5.44. The summed E-state index contributed by atoms with van der Waals surface area (Å²) in [5, 5.41) is 0. The van der Waals surface area contributed by atoms with E-state index >= 15 is 0 Å². The first-order valence-electron chi connectivity index (χ1n) is 12.3. The third-order valence-corrected chi connectivity index (χ3v) is 8.07. The molecule has 0 aromatic heterocycles. The van der Waals surface area contributed by atoms with Gasteiger partial charge in [0.15, 0.2) is 17.3 Å². The van der Waals surface area contributed by atoms with Crippen molar-refractivity contribution in [3.8, 4) is 17.2 Å². The summed E-state index contributed by atoms with van der Waals surface area (Å²) in [5.41, 5.74) is 1.49. The van der Waals surface area contributed by atoms with Crippen molar-refractivity contribution < 1.29 is 38.0 Å². The van der Waals surface area contributed by atoms with Crippen molar-refractivity contribution in [1.29, 1.82) is 0 Å². The van der Waals surface area contributed by atoms with Crippen molar-refractivity contribution in [2.45, 2.75) is 31.8 Å². The Morgan fingerprint density at radius 1 is 1.03 bits per heavy atom. The summed E-state index contributed by atoms with van der Waals surface area (Å²) < 4.78 is 35.1. The molecule has 8 heteroatoms. The number of hydrogen-bond donors (Lipinski definition) is 0. The Morgan fingerprint density at radius 3 is 2.54 bits per heavy atom. The Morgan fingerprint density at radius 2 is 1.81 bits per heavy atom. The largest absolute Gasteiger partial charge is 0.493 e. The van der Waals surface area contributed by atoms with Crippen molar-refractivity contribution in [2.24, 2.45) is 11.8 Å². The Hall–Kier alpha value is -3.94. The highest BCUT2D eigenvalue weighted by atomic mass is 16.7. The quantitative estimate of drug-likeness (QED) is 0.557. The first-order valence-corrected chi connectivity index (χ1v) is 12.3. The molecule has 37 heavy (non-hydrogen) atoms. The SMILES string of the molecule is COC1=C(OC)C(=O)[C@]23COc4c5c(cc(c42)[C@@H](OC(=O)c2ccccc2)[C@@H](C)[C@@H](C)CC3=C1)OCO5. The molecule has 0 unspecified atom stereocenters. The van der Waals surface area contributed by atoms with E-state index in [9.17, 15) is 9.59 Å². The van der Waals surface area contributed by atoms with Gasteiger partial charge in [-0.25, -0.2) is 4.79 Å². The normalized spacial score (nSPS) is 27.3. The number of methoxy groups -OCH3 is 2. The minimum atomic E-state index is -1.16. The highest BCUT2D eigenvalue weighted by Gasteiger charge is 2.59. The molecule has 2 aliphatic carbocycles. The zero-order valence-corrected chi connectivity index (χ0v) is 21.2. The molecule has 0 N–H and O–H groups in total. The molecule has 0 bridgehead atoms. The number of allylic oxidation sites excluding steroid dienone is 2. The van der Waals surface area contributed by atoms with Gasteiger partial charge in [0.05, 0.1) is 19.8 Å². The van der Waals surface area contributed by atoms with Gasteiger partial charge in [0.2, 0.25) is 24.1 Å². The van der Waals surface area contributed by atoms with Crippen molar-refractivity contribution in [2.75, 3.05) is 27.6 Å². The van der Waals surface area contributed by atoms with Crippen LogP contribution >= 0.6 is 0 Å². The van der Waals surface area contributed by atoms with E-state index in [4.69, 9.17) is 28.4 Å². The molecule has 2 aromatic rings. The molecule has 2 aliphatic heterocycles. The molecule has 4 aliphatic rings. The van der Waals surface area contributed by atoms with Gasteiger partial charge >= 0.3 is 5.97 Å². The zero-order valence-electron chi connectivity index (χ0n) is 21.2. The van der Waals surface area contributed by atoms with Gasteiger partial charge in [-0.05, 0) is 42.2 Å². The number of esters is 1. The molecule has 0 saturated heterocycles. The van der Waals surface area contributed by atoms with Crippen molar-refractivity contribution in [3.63, 3.8) is 0 Å². The molecule has 0 fully saturated rings. The van der Waals surface area contributed by atoms with Gasteiger partial charge in [0.1, 0.15) is 18.1 Å². The van der Waals surface area contributed by atoms with Crippen LogP contribution < -0.4 is 14.2 Å². The van der Waals surface area contributed by atoms with Crippen LogP contribution in [0.4, 0.5) is 0 Å². The second-order valence-electron chi connectivity index (χ2n) is 9.93. The predicted octanol–water partition coefficient (Wildman–Crippen LogP) is 4.63. The van der Waals surface area contributed by atoms with Crippen molar-refractivity contribution >= 4 is 11.8 Å². The van der Waals surface area contributed by atoms with Crippen LogP contribution in [0.2, 0.25) is 0 Å². The fourth-order valence-corrected chi connectivity index (χ4v) is 5.94. The second kappa shape index (κ2) is 8.57. The average molecular weight is 505 g/mol. The number of rotatable bonds is 4. The zero-order chi connectivity index (χ0) is 25.9. The Bertz CT molecular complexity index is 1360. The van der Waals surface area contributed by atoms with Crippen molar-refractivity contribution in [3.05, 3.63) is 76.3 Å². The highest BCUT2D eigenvalue weighted by Crippen LogP contribution is 2.61. The van der Waals surface area contributed by atoms with E-state index in [1.807, 2.05) is 18.2 Å². The van der Waals surface area contributed by atoms with Crippen LogP contribution in [0.5, 0.6) is 17.2 Å². The molecule has 2 heterocycles.